The fourth-order valence-corrected chi connectivity index (χ4v) is 2.13. The highest BCUT2D eigenvalue weighted by atomic mass is 79.9. The second kappa shape index (κ2) is 4.37. The van der Waals surface area contributed by atoms with Gasteiger partial charge in [-0.05, 0) is 29.7 Å². The molecule has 0 fully saturated rings. The number of benzene rings is 2. The molecule has 0 unspecified atom stereocenters. The first-order valence-corrected chi connectivity index (χ1v) is 6.01. The maximum atomic E-state index is 11.6. The van der Waals surface area contributed by atoms with E-state index in [9.17, 15) is 15.0 Å². The van der Waals surface area contributed by atoms with E-state index in [-0.39, 0.29) is 29.3 Å². The molecule has 0 aliphatic carbocycles. The number of ketones is 1. The van der Waals surface area contributed by atoms with E-state index in [1.54, 1.807) is 31.2 Å². The number of fused-ring (bicyclic) bond motifs is 1. The fourth-order valence-electron chi connectivity index (χ4n) is 1.75. The molecule has 2 aromatic carbocycles. The summed E-state index contributed by atoms with van der Waals surface area (Å²) in [7, 11) is 0. The number of halogens is 1. The minimum Gasteiger partial charge on any atom is -0.504 e. The number of carbonyl (C=O) groups is 1. The van der Waals surface area contributed by atoms with Crippen LogP contribution in [0.15, 0.2) is 28.7 Å². The van der Waals surface area contributed by atoms with Crippen LogP contribution >= 0.6 is 15.9 Å². The summed E-state index contributed by atoms with van der Waals surface area (Å²) in [4.78, 5) is 11.6. The third-order valence-corrected chi connectivity index (χ3v) is 3.16. The Kier molecular flexibility index (Phi) is 3.07. The molecular formula is C13H11BrO3. The molecule has 0 saturated carbocycles. The number of hydrogen-bond donors (Lipinski definition) is 2. The van der Waals surface area contributed by atoms with Crippen LogP contribution in [-0.2, 0) is 0 Å². The highest BCUT2D eigenvalue weighted by molar-refractivity contribution is 9.10. The van der Waals surface area contributed by atoms with Crippen molar-refractivity contribution >= 4 is 32.5 Å². The molecule has 0 aliphatic rings. The lowest BCUT2D eigenvalue weighted by Gasteiger charge is -2.08. The molecule has 2 rings (SSSR count). The van der Waals surface area contributed by atoms with Crippen molar-refractivity contribution in [1.29, 1.82) is 0 Å². The molecular weight excluding hydrogens is 284 g/mol. The number of phenols is 2. The number of aromatic hydroxyl groups is 2. The van der Waals surface area contributed by atoms with Crippen LogP contribution in [0.5, 0.6) is 11.5 Å². The largest absolute Gasteiger partial charge is 0.504 e. The molecule has 0 atom stereocenters. The minimum absolute atomic E-state index is 0.163. The third-order valence-electron chi connectivity index (χ3n) is 2.67. The Bertz CT molecular complexity index is 605. The van der Waals surface area contributed by atoms with Gasteiger partial charge in [0.15, 0.2) is 17.3 Å². The van der Waals surface area contributed by atoms with Gasteiger partial charge < -0.3 is 10.2 Å². The molecule has 3 nitrogen and oxygen atoms in total. The van der Waals surface area contributed by atoms with E-state index in [0.29, 0.717) is 10.8 Å². The van der Waals surface area contributed by atoms with Crippen molar-refractivity contribution in [1.82, 2.24) is 0 Å². The molecule has 0 amide bonds. The zero-order chi connectivity index (χ0) is 12.6. The van der Waals surface area contributed by atoms with E-state index < -0.39 is 0 Å². The number of carbonyl (C=O) groups excluding carboxylic acids is 1. The van der Waals surface area contributed by atoms with Crippen molar-refractivity contribution in [2.75, 3.05) is 0 Å². The van der Waals surface area contributed by atoms with Gasteiger partial charge in [-0.15, -0.1) is 0 Å². The minimum atomic E-state index is -0.341. The summed E-state index contributed by atoms with van der Waals surface area (Å²) in [5.41, 5.74) is 0.163. The normalized spacial score (nSPS) is 10.7. The van der Waals surface area contributed by atoms with Crippen LogP contribution in [0.25, 0.3) is 10.8 Å². The van der Waals surface area contributed by atoms with Crippen LogP contribution in [0.1, 0.15) is 23.7 Å². The number of Topliss-reactive ketones (excluding diaryl/α,β-unsaturated/α-hetero) is 1. The van der Waals surface area contributed by atoms with Crippen molar-refractivity contribution in [2.24, 2.45) is 0 Å². The molecule has 0 aromatic heterocycles. The summed E-state index contributed by atoms with van der Waals surface area (Å²) in [6.07, 6.45) is 0.284. The Morgan fingerprint density at radius 2 is 1.94 bits per heavy atom. The molecule has 17 heavy (non-hydrogen) atoms. The summed E-state index contributed by atoms with van der Waals surface area (Å²) in [6.45, 7) is 1.71. The second-order valence-electron chi connectivity index (χ2n) is 3.76. The van der Waals surface area contributed by atoms with Gasteiger partial charge in [0.25, 0.3) is 0 Å². The van der Waals surface area contributed by atoms with Crippen molar-refractivity contribution in [3.63, 3.8) is 0 Å². The van der Waals surface area contributed by atoms with Gasteiger partial charge in [-0.3, -0.25) is 4.79 Å². The molecule has 0 aliphatic heterocycles. The smallest absolute Gasteiger partial charge is 0.169 e. The number of phenolic OH excluding ortho intramolecular Hbond substituents is 2. The molecule has 0 saturated heterocycles. The topological polar surface area (TPSA) is 57.5 Å². The predicted octanol–water partition coefficient (Wildman–Crippen LogP) is 3.61. The second-order valence-corrected chi connectivity index (χ2v) is 4.68. The van der Waals surface area contributed by atoms with Crippen molar-refractivity contribution in [2.45, 2.75) is 13.3 Å². The lowest BCUT2D eigenvalue weighted by Crippen LogP contribution is -1.97. The SMILES string of the molecule is CCC(=O)c1cc2cc(Br)ccc2c(O)c1O. The molecule has 88 valence electrons. The highest BCUT2D eigenvalue weighted by Gasteiger charge is 2.16. The molecule has 2 N–H and O–H groups in total. The molecule has 2 aromatic rings. The van der Waals surface area contributed by atoms with Crippen molar-refractivity contribution < 1.29 is 15.0 Å². The molecule has 0 radical (unpaired) electrons. The predicted molar refractivity (Wildman–Crippen MR) is 69.6 cm³/mol. The monoisotopic (exact) mass is 294 g/mol. The Morgan fingerprint density at radius 1 is 1.24 bits per heavy atom. The Hall–Kier alpha value is -1.55. The van der Waals surface area contributed by atoms with E-state index in [2.05, 4.69) is 15.9 Å². The van der Waals surface area contributed by atoms with E-state index in [1.165, 1.54) is 0 Å². The molecule has 4 heteroatoms. The quantitative estimate of drug-likeness (QED) is 0.657. The van der Waals surface area contributed by atoms with Crippen LogP contribution in [-0.4, -0.2) is 16.0 Å². The highest BCUT2D eigenvalue weighted by Crippen LogP contribution is 2.38. The number of hydrogen-bond acceptors (Lipinski definition) is 3. The fraction of sp³-hybridized carbons (Fsp3) is 0.154. The molecule has 0 heterocycles. The van der Waals surface area contributed by atoms with Gasteiger partial charge in [-0.25, -0.2) is 0 Å². The van der Waals surface area contributed by atoms with Gasteiger partial charge in [0.2, 0.25) is 0 Å². The van der Waals surface area contributed by atoms with Gasteiger partial charge in [-0.1, -0.05) is 22.9 Å². The average Bonchev–Trinajstić information content (AvgIpc) is 2.32. The standard InChI is InChI=1S/C13H11BrO3/c1-2-11(15)10-6-7-5-8(14)3-4-9(7)12(16)13(10)17/h3-6,16-17H,2H2,1H3. The zero-order valence-corrected chi connectivity index (χ0v) is 10.8. The van der Waals surface area contributed by atoms with E-state index >= 15 is 0 Å². The van der Waals surface area contributed by atoms with E-state index in [4.69, 9.17) is 0 Å². The Labute approximate surface area is 107 Å². The molecule has 0 bridgehead atoms. The first-order valence-electron chi connectivity index (χ1n) is 5.22. The van der Waals surface area contributed by atoms with Crippen molar-refractivity contribution in [3.05, 3.63) is 34.3 Å². The Morgan fingerprint density at radius 3 is 2.59 bits per heavy atom. The lowest BCUT2D eigenvalue weighted by molar-refractivity contribution is 0.0985. The first-order chi connectivity index (χ1) is 8.04. The van der Waals surface area contributed by atoms with Crippen LogP contribution < -0.4 is 0 Å². The first kappa shape index (κ1) is 11.9. The van der Waals surface area contributed by atoms with Gasteiger partial charge in [0.1, 0.15) is 0 Å². The van der Waals surface area contributed by atoms with E-state index in [1.807, 2.05) is 0 Å². The van der Waals surface area contributed by atoms with Crippen LogP contribution in [0.3, 0.4) is 0 Å². The van der Waals surface area contributed by atoms with Gasteiger partial charge in [-0.2, -0.15) is 0 Å². The summed E-state index contributed by atoms with van der Waals surface area (Å²) in [6, 6.07) is 6.85. The third kappa shape index (κ3) is 2.00. The zero-order valence-electron chi connectivity index (χ0n) is 9.20. The maximum absolute atomic E-state index is 11.6. The van der Waals surface area contributed by atoms with Crippen LogP contribution in [0.4, 0.5) is 0 Å². The summed E-state index contributed by atoms with van der Waals surface area (Å²) >= 11 is 3.33. The summed E-state index contributed by atoms with van der Waals surface area (Å²) in [5.74, 6) is -0.779. The van der Waals surface area contributed by atoms with E-state index in [0.717, 1.165) is 4.47 Å². The van der Waals surface area contributed by atoms with Gasteiger partial charge in [0, 0.05) is 16.3 Å². The molecule has 0 spiro atoms. The maximum Gasteiger partial charge on any atom is 0.169 e. The van der Waals surface area contributed by atoms with Gasteiger partial charge in [0.05, 0.1) is 5.56 Å². The average molecular weight is 295 g/mol. The lowest BCUT2D eigenvalue weighted by atomic mass is 10.0. The summed E-state index contributed by atoms with van der Waals surface area (Å²) < 4.78 is 0.852. The van der Waals surface area contributed by atoms with Crippen LogP contribution in [0.2, 0.25) is 0 Å². The van der Waals surface area contributed by atoms with Crippen molar-refractivity contribution in [3.8, 4) is 11.5 Å². The van der Waals surface area contributed by atoms with Crippen LogP contribution in [0, 0.1) is 0 Å². The Balaban J connectivity index is 2.80. The summed E-state index contributed by atoms with van der Waals surface area (Å²) in [5, 5.41) is 20.9. The van der Waals surface area contributed by atoms with Gasteiger partial charge >= 0.3 is 0 Å². The number of rotatable bonds is 2.